The molecule has 0 aliphatic carbocycles. The third-order valence-corrected chi connectivity index (χ3v) is 3.25. The molecule has 2 aromatic carbocycles. The topological polar surface area (TPSA) is 52.6 Å². The Morgan fingerprint density at radius 1 is 1.00 bits per heavy atom. The average Bonchev–Trinajstić information content (AvgIpc) is 2.60. The van der Waals surface area contributed by atoms with E-state index in [4.69, 9.17) is 9.47 Å². The number of Topliss-reactive ketones (excluding diaryl/α,β-unsaturated/α-hetero) is 1. The van der Waals surface area contributed by atoms with Crippen molar-refractivity contribution < 1.29 is 19.1 Å². The first kappa shape index (κ1) is 16.5. The van der Waals surface area contributed by atoms with Gasteiger partial charge in [-0.15, -0.1) is 0 Å². The number of rotatable bonds is 6. The number of hydrogen-bond donors (Lipinski definition) is 0. The van der Waals surface area contributed by atoms with Crippen molar-refractivity contribution in [3.8, 4) is 5.75 Å². The third kappa shape index (κ3) is 4.81. The second kappa shape index (κ2) is 7.94. The first-order valence-corrected chi connectivity index (χ1v) is 7.22. The summed E-state index contributed by atoms with van der Waals surface area (Å²) in [6.45, 7) is 1.56. The van der Waals surface area contributed by atoms with Gasteiger partial charge in [0.15, 0.2) is 6.10 Å². The Bertz CT molecular complexity index is 687. The molecule has 0 saturated heterocycles. The van der Waals surface area contributed by atoms with Crippen molar-refractivity contribution in [2.45, 2.75) is 13.0 Å². The molecule has 0 spiro atoms. The smallest absolute Gasteiger partial charge is 0.331 e. The van der Waals surface area contributed by atoms with E-state index in [0.29, 0.717) is 11.3 Å². The fourth-order valence-electron chi connectivity index (χ4n) is 1.99. The molecule has 0 radical (unpaired) electrons. The molecular formula is C19H18O4. The van der Waals surface area contributed by atoms with Crippen LogP contribution in [0.15, 0.2) is 60.7 Å². The minimum absolute atomic E-state index is 0.255. The molecule has 0 saturated carbocycles. The highest BCUT2D eigenvalue weighted by atomic mass is 16.5. The normalized spacial score (nSPS) is 11.9. The molecule has 4 nitrogen and oxygen atoms in total. The largest absolute Gasteiger partial charge is 0.497 e. The highest BCUT2D eigenvalue weighted by Gasteiger charge is 2.18. The molecule has 0 amide bonds. The average molecular weight is 310 g/mol. The SMILES string of the molecule is COc1ccc(C(=O)[C@@H](C)OC(=O)/C=C/c2ccccc2)cc1. The van der Waals surface area contributed by atoms with E-state index in [-0.39, 0.29) is 5.78 Å². The van der Waals surface area contributed by atoms with Gasteiger partial charge in [0.2, 0.25) is 5.78 Å². The van der Waals surface area contributed by atoms with Gasteiger partial charge in [-0.2, -0.15) is 0 Å². The van der Waals surface area contributed by atoms with Crippen LogP contribution in [0.5, 0.6) is 5.75 Å². The van der Waals surface area contributed by atoms with Crippen molar-refractivity contribution >= 4 is 17.8 Å². The van der Waals surface area contributed by atoms with E-state index in [1.54, 1.807) is 44.4 Å². The Labute approximate surface area is 135 Å². The molecule has 2 aromatic rings. The second-order valence-corrected chi connectivity index (χ2v) is 4.92. The van der Waals surface area contributed by atoms with Gasteiger partial charge in [-0.25, -0.2) is 4.79 Å². The van der Waals surface area contributed by atoms with Gasteiger partial charge in [0.05, 0.1) is 7.11 Å². The lowest BCUT2D eigenvalue weighted by Gasteiger charge is -2.11. The van der Waals surface area contributed by atoms with Crippen molar-refractivity contribution in [3.05, 3.63) is 71.8 Å². The van der Waals surface area contributed by atoms with Crippen LogP contribution in [0.3, 0.4) is 0 Å². The molecule has 0 fully saturated rings. The summed E-state index contributed by atoms with van der Waals surface area (Å²) in [5.41, 5.74) is 1.36. The van der Waals surface area contributed by atoms with Gasteiger partial charge in [-0.3, -0.25) is 4.79 Å². The summed E-state index contributed by atoms with van der Waals surface area (Å²) in [6, 6.07) is 16.1. The maximum atomic E-state index is 12.2. The zero-order valence-corrected chi connectivity index (χ0v) is 13.1. The molecule has 2 rings (SSSR count). The Balaban J connectivity index is 1.94. The van der Waals surface area contributed by atoms with E-state index in [2.05, 4.69) is 0 Å². The molecule has 0 N–H and O–H groups in total. The molecule has 0 aliphatic rings. The standard InChI is InChI=1S/C19H18O4/c1-14(19(21)16-9-11-17(22-2)12-10-16)23-18(20)13-8-15-6-4-3-5-7-15/h3-14H,1-2H3/b13-8+/t14-/m1/s1. The Hall–Kier alpha value is -2.88. The second-order valence-electron chi connectivity index (χ2n) is 4.92. The quantitative estimate of drug-likeness (QED) is 0.465. The number of benzene rings is 2. The fourth-order valence-corrected chi connectivity index (χ4v) is 1.99. The monoisotopic (exact) mass is 310 g/mol. The van der Waals surface area contributed by atoms with Gasteiger partial charge in [0, 0.05) is 11.6 Å². The van der Waals surface area contributed by atoms with Gasteiger partial charge in [-0.05, 0) is 42.8 Å². The molecule has 0 aromatic heterocycles. The van der Waals surface area contributed by atoms with Crippen LogP contribution in [0.2, 0.25) is 0 Å². The lowest BCUT2D eigenvalue weighted by molar-refractivity contribution is -0.140. The summed E-state index contributed by atoms with van der Waals surface area (Å²) in [5.74, 6) is -0.144. The van der Waals surface area contributed by atoms with Crippen LogP contribution in [-0.4, -0.2) is 25.0 Å². The molecular weight excluding hydrogens is 292 g/mol. The van der Waals surface area contributed by atoms with Gasteiger partial charge in [0.25, 0.3) is 0 Å². The van der Waals surface area contributed by atoms with Crippen molar-refractivity contribution in [2.24, 2.45) is 0 Å². The van der Waals surface area contributed by atoms with Crippen LogP contribution in [0.25, 0.3) is 6.08 Å². The molecule has 0 heterocycles. The van der Waals surface area contributed by atoms with Crippen molar-refractivity contribution in [2.75, 3.05) is 7.11 Å². The maximum Gasteiger partial charge on any atom is 0.331 e. The summed E-state index contributed by atoms with van der Waals surface area (Å²) < 4.78 is 10.2. The van der Waals surface area contributed by atoms with Crippen LogP contribution in [0.4, 0.5) is 0 Å². The number of esters is 1. The molecule has 1 atom stereocenters. The number of hydrogen-bond acceptors (Lipinski definition) is 4. The van der Waals surface area contributed by atoms with E-state index < -0.39 is 12.1 Å². The molecule has 0 aliphatic heterocycles. The lowest BCUT2D eigenvalue weighted by Crippen LogP contribution is -2.23. The first-order valence-electron chi connectivity index (χ1n) is 7.22. The molecule has 4 heteroatoms. The van der Waals surface area contributed by atoms with E-state index in [0.717, 1.165) is 5.56 Å². The van der Waals surface area contributed by atoms with Crippen LogP contribution < -0.4 is 4.74 Å². The van der Waals surface area contributed by atoms with Gasteiger partial charge >= 0.3 is 5.97 Å². The maximum absolute atomic E-state index is 12.2. The van der Waals surface area contributed by atoms with Gasteiger partial charge < -0.3 is 9.47 Å². The predicted molar refractivity (Wildman–Crippen MR) is 88.4 cm³/mol. The number of carbonyl (C=O) groups is 2. The predicted octanol–water partition coefficient (Wildman–Crippen LogP) is 3.52. The van der Waals surface area contributed by atoms with Crippen LogP contribution in [0, 0.1) is 0 Å². The molecule has 0 unspecified atom stereocenters. The van der Waals surface area contributed by atoms with Crippen LogP contribution in [-0.2, 0) is 9.53 Å². The number of methoxy groups -OCH3 is 1. The number of ketones is 1. The fraction of sp³-hybridized carbons (Fsp3) is 0.158. The van der Waals surface area contributed by atoms with Crippen LogP contribution >= 0.6 is 0 Å². The zero-order chi connectivity index (χ0) is 16.7. The van der Waals surface area contributed by atoms with Crippen LogP contribution in [0.1, 0.15) is 22.8 Å². The van der Waals surface area contributed by atoms with Gasteiger partial charge in [0.1, 0.15) is 5.75 Å². The Morgan fingerprint density at radius 2 is 1.65 bits per heavy atom. The van der Waals surface area contributed by atoms with E-state index in [9.17, 15) is 9.59 Å². The van der Waals surface area contributed by atoms with E-state index in [1.807, 2.05) is 30.3 Å². The lowest BCUT2D eigenvalue weighted by atomic mass is 10.1. The van der Waals surface area contributed by atoms with Crippen molar-refractivity contribution in [1.29, 1.82) is 0 Å². The van der Waals surface area contributed by atoms with Crippen molar-refractivity contribution in [1.82, 2.24) is 0 Å². The summed E-state index contributed by atoms with van der Waals surface area (Å²) in [5, 5.41) is 0. The van der Waals surface area contributed by atoms with Gasteiger partial charge in [-0.1, -0.05) is 30.3 Å². The Kier molecular flexibility index (Phi) is 5.69. The zero-order valence-electron chi connectivity index (χ0n) is 13.1. The summed E-state index contributed by atoms with van der Waals surface area (Å²) in [4.78, 5) is 24.0. The summed E-state index contributed by atoms with van der Waals surface area (Å²) in [7, 11) is 1.56. The highest BCUT2D eigenvalue weighted by Crippen LogP contribution is 2.14. The minimum Gasteiger partial charge on any atom is -0.497 e. The minimum atomic E-state index is -0.851. The summed E-state index contributed by atoms with van der Waals surface area (Å²) in [6.07, 6.45) is 2.11. The number of carbonyl (C=O) groups excluding carboxylic acids is 2. The Morgan fingerprint density at radius 3 is 2.26 bits per heavy atom. The first-order chi connectivity index (χ1) is 11.1. The molecule has 23 heavy (non-hydrogen) atoms. The van der Waals surface area contributed by atoms with Crippen molar-refractivity contribution in [3.63, 3.8) is 0 Å². The highest BCUT2D eigenvalue weighted by molar-refractivity contribution is 6.01. The van der Waals surface area contributed by atoms with E-state index >= 15 is 0 Å². The number of ether oxygens (including phenoxy) is 2. The summed E-state index contributed by atoms with van der Waals surface area (Å²) >= 11 is 0. The van der Waals surface area contributed by atoms with E-state index in [1.165, 1.54) is 6.08 Å². The molecule has 118 valence electrons. The molecule has 0 bridgehead atoms. The third-order valence-electron chi connectivity index (χ3n) is 3.25.